The summed E-state index contributed by atoms with van der Waals surface area (Å²) in [7, 11) is 0. The molecule has 1 fully saturated rings. The molecule has 2 rings (SSSR count). The molecule has 1 aromatic rings. The van der Waals surface area contributed by atoms with E-state index in [4.69, 9.17) is 15.6 Å². The molecule has 1 aliphatic heterocycles. The minimum atomic E-state index is -1.09. The minimum absolute atomic E-state index is 0.172. The van der Waals surface area contributed by atoms with Crippen LogP contribution in [0, 0.1) is 0 Å². The SMILES string of the molecule is N[C@H](C(=O)O)[C@H]1CCCCN1C(=O)OCc1ccccc1. The Morgan fingerprint density at radius 1 is 1.33 bits per heavy atom. The molecule has 2 atom stereocenters. The number of nitrogens with two attached hydrogens (primary N) is 1. The van der Waals surface area contributed by atoms with E-state index in [1.54, 1.807) is 0 Å². The van der Waals surface area contributed by atoms with Crippen molar-refractivity contribution in [3.63, 3.8) is 0 Å². The van der Waals surface area contributed by atoms with E-state index in [0.29, 0.717) is 13.0 Å². The molecule has 0 radical (unpaired) electrons. The summed E-state index contributed by atoms with van der Waals surface area (Å²) in [5, 5.41) is 9.04. The molecule has 1 saturated heterocycles. The zero-order chi connectivity index (χ0) is 15.2. The van der Waals surface area contributed by atoms with Gasteiger partial charge < -0.3 is 20.5 Å². The summed E-state index contributed by atoms with van der Waals surface area (Å²) in [5.74, 6) is -1.09. The highest BCUT2D eigenvalue weighted by Crippen LogP contribution is 2.20. The largest absolute Gasteiger partial charge is 0.480 e. The molecular formula is C15H20N2O4. The molecule has 3 N–H and O–H groups in total. The highest BCUT2D eigenvalue weighted by molar-refractivity contribution is 5.76. The maximum atomic E-state index is 12.2. The summed E-state index contributed by atoms with van der Waals surface area (Å²) in [6.45, 7) is 0.657. The third-order valence-corrected chi connectivity index (χ3v) is 3.69. The van der Waals surface area contributed by atoms with Crippen molar-refractivity contribution >= 4 is 12.1 Å². The lowest BCUT2D eigenvalue weighted by atomic mass is 9.96. The smallest absolute Gasteiger partial charge is 0.410 e. The fourth-order valence-electron chi connectivity index (χ4n) is 2.52. The van der Waals surface area contributed by atoms with Gasteiger partial charge in [0.05, 0.1) is 6.04 Å². The minimum Gasteiger partial charge on any atom is -0.480 e. The Bertz CT molecular complexity index is 492. The first-order valence-electron chi connectivity index (χ1n) is 7.05. The van der Waals surface area contributed by atoms with Crippen LogP contribution in [0.15, 0.2) is 30.3 Å². The third kappa shape index (κ3) is 3.95. The molecule has 1 aromatic carbocycles. The van der Waals surface area contributed by atoms with Gasteiger partial charge in [0.1, 0.15) is 12.6 Å². The van der Waals surface area contributed by atoms with Gasteiger partial charge in [-0.2, -0.15) is 0 Å². The molecule has 0 aliphatic carbocycles. The number of carboxylic acid groups (broad SMARTS) is 1. The predicted molar refractivity (Wildman–Crippen MR) is 76.6 cm³/mol. The Hall–Kier alpha value is -2.08. The molecule has 21 heavy (non-hydrogen) atoms. The molecule has 1 amide bonds. The number of carbonyl (C=O) groups is 2. The van der Waals surface area contributed by atoms with Crippen molar-refractivity contribution in [3.05, 3.63) is 35.9 Å². The number of hydrogen-bond donors (Lipinski definition) is 2. The number of aliphatic carboxylic acids is 1. The second kappa shape index (κ2) is 7.08. The first-order valence-corrected chi connectivity index (χ1v) is 7.05. The molecule has 0 spiro atoms. The number of piperidine rings is 1. The Balaban J connectivity index is 1.97. The molecule has 6 heteroatoms. The Morgan fingerprint density at radius 3 is 2.71 bits per heavy atom. The van der Waals surface area contributed by atoms with E-state index in [1.165, 1.54) is 4.90 Å². The van der Waals surface area contributed by atoms with Gasteiger partial charge in [0.15, 0.2) is 0 Å². The van der Waals surface area contributed by atoms with Crippen LogP contribution < -0.4 is 5.73 Å². The van der Waals surface area contributed by atoms with Crippen molar-refractivity contribution in [2.45, 2.75) is 38.0 Å². The van der Waals surface area contributed by atoms with Crippen LogP contribution in [0.1, 0.15) is 24.8 Å². The van der Waals surface area contributed by atoms with E-state index < -0.39 is 24.1 Å². The van der Waals surface area contributed by atoms with Gasteiger partial charge in [0.25, 0.3) is 0 Å². The number of ether oxygens (including phenoxy) is 1. The van der Waals surface area contributed by atoms with Gasteiger partial charge in [0.2, 0.25) is 0 Å². The van der Waals surface area contributed by atoms with Crippen molar-refractivity contribution in [1.82, 2.24) is 4.90 Å². The number of amides is 1. The van der Waals surface area contributed by atoms with Crippen LogP contribution in [0.3, 0.4) is 0 Å². The van der Waals surface area contributed by atoms with Gasteiger partial charge in [0, 0.05) is 6.54 Å². The van der Waals surface area contributed by atoms with Gasteiger partial charge in [-0.25, -0.2) is 4.79 Å². The normalized spacial score (nSPS) is 19.9. The Kier molecular flexibility index (Phi) is 5.16. The molecule has 6 nitrogen and oxygen atoms in total. The summed E-state index contributed by atoms with van der Waals surface area (Å²) < 4.78 is 5.27. The zero-order valence-electron chi connectivity index (χ0n) is 11.8. The maximum absolute atomic E-state index is 12.2. The summed E-state index contributed by atoms with van der Waals surface area (Å²) in [6.07, 6.45) is 1.80. The number of benzene rings is 1. The standard InChI is InChI=1S/C15H20N2O4/c16-13(14(18)19)12-8-4-5-9-17(12)15(20)21-10-11-6-2-1-3-7-11/h1-3,6-7,12-13H,4-5,8-10,16H2,(H,18,19)/t12-,13+/m1/s1. The van der Waals surface area contributed by atoms with Crippen molar-refractivity contribution in [2.75, 3.05) is 6.54 Å². The highest BCUT2D eigenvalue weighted by Gasteiger charge is 2.35. The summed E-state index contributed by atoms with van der Waals surface area (Å²) >= 11 is 0. The molecular weight excluding hydrogens is 272 g/mol. The number of carbonyl (C=O) groups excluding carboxylic acids is 1. The second-order valence-corrected chi connectivity index (χ2v) is 5.16. The van der Waals surface area contributed by atoms with Gasteiger partial charge in [-0.3, -0.25) is 4.79 Å². The molecule has 1 heterocycles. The average molecular weight is 292 g/mol. The van der Waals surface area contributed by atoms with Crippen LogP contribution in [0.2, 0.25) is 0 Å². The Morgan fingerprint density at radius 2 is 2.05 bits per heavy atom. The average Bonchev–Trinajstić information content (AvgIpc) is 2.52. The van der Waals surface area contributed by atoms with Crippen molar-refractivity contribution in [1.29, 1.82) is 0 Å². The molecule has 0 aromatic heterocycles. The molecule has 0 unspecified atom stereocenters. The number of hydrogen-bond acceptors (Lipinski definition) is 4. The number of carboxylic acids is 1. The molecule has 1 aliphatic rings. The molecule has 114 valence electrons. The highest BCUT2D eigenvalue weighted by atomic mass is 16.6. The van der Waals surface area contributed by atoms with Crippen LogP contribution in [-0.4, -0.2) is 40.7 Å². The maximum Gasteiger partial charge on any atom is 0.410 e. The monoisotopic (exact) mass is 292 g/mol. The van der Waals surface area contributed by atoms with Crippen LogP contribution >= 0.6 is 0 Å². The van der Waals surface area contributed by atoms with Gasteiger partial charge in [-0.1, -0.05) is 30.3 Å². The van der Waals surface area contributed by atoms with Gasteiger partial charge in [-0.05, 0) is 24.8 Å². The van der Waals surface area contributed by atoms with Crippen molar-refractivity contribution in [2.24, 2.45) is 5.73 Å². The van der Waals surface area contributed by atoms with E-state index in [1.807, 2.05) is 30.3 Å². The lowest BCUT2D eigenvalue weighted by Crippen LogP contribution is -2.55. The van der Waals surface area contributed by atoms with Gasteiger partial charge in [-0.15, -0.1) is 0 Å². The van der Waals surface area contributed by atoms with Crippen LogP contribution in [-0.2, 0) is 16.1 Å². The van der Waals surface area contributed by atoms with Crippen molar-refractivity contribution in [3.8, 4) is 0 Å². The van der Waals surface area contributed by atoms with E-state index in [9.17, 15) is 9.59 Å². The lowest BCUT2D eigenvalue weighted by Gasteiger charge is -2.36. The quantitative estimate of drug-likeness (QED) is 0.879. The summed E-state index contributed by atoms with van der Waals surface area (Å²) in [4.78, 5) is 24.7. The zero-order valence-corrected chi connectivity index (χ0v) is 11.8. The number of nitrogens with zero attached hydrogens (tertiary/aromatic N) is 1. The van der Waals surface area contributed by atoms with Crippen LogP contribution in [0.5, 0.6) is 0 Å². The molecule has 0 bridgehead atoms. The topological polar surface area (TPSA) is 92.9 Å². The van der Waals surface area contributed by atoms with Crippen LogP contribution in [0.25, 0.3) is 0 Å². The van der Waals surface area contributed by atoms with E-state index >= 15 is 0 Å². The van der Waals surface area contributed by atoms with Crippen molar-refractivity contribution < 1.29 is 19.4 Å². The number of likely N-dealkylation sites (tertiary alicyclic amines) is 1. The van der Waals surface area contributed by atoms with E-state index in [-0.39, 0.29) is 6.61 Å². The first kappa shape index (κ1) is 15.3. The Labute approximate surface area is 123 Å². The summed E-state index contributed by atoms with van der Waals surface area (Å²) in [6, 6.07) is 7.78. The molecule has 0 saturated carbocycles. The fourth-order valence-corrected chi connectivity index (χ4v) is 2.52. The summed E-state index contributed by atoms with van der Waals surface area (Å²) in [5.41, 5.74) is 6.57. The second-order valence-electron chi connectivity index (χ2n) is 5.16. The van der Waals surface area contributed by atoms with Gasteiger partial charge >= 0.3 is 12.1 Å². The first-order chi connectivity index (χ1) is 10.1. The van der Waals surface area contributed by atoms with Crippen LogP contribution in [0.4, 0.5) is 4.79 Å². The van der Waals surface area contributed by atoms with E-state index in [2.05, 4.69) is 0 Å². The predicted octanol–water partition coefficient (Wildman–Crippen LogP) is 1.59. The van der Waals surface area contributed by atoms with E-state index in [0.717, 1.165) is 18.4 Å². The lowest BCUT2D eigenvalue weighted by molar-refractivity contribution is -0.140. The fraction of sp³-hybridized carbons (Fsp3) is 0.467. The number of rotatable bonds is 4. The third-order valence-electron chi connectivity index (χ3n) is 3.69.